The van der Waals surface area contributed by atoms with E-state index in [-0.39, 0.29) is 17.9 Å². The number of hydrogen-bond donors (Lipinski definition) is 1. The zero-order chi connectivity index (χ0) is 23.4. The maximum atomic E-state index is 12.6. The molecule has 1 heterocycles. The number of nitrogens with zero attached hydrogens (tertiary/aromatic N) is 1. The van der Waals surface area contributed by atoms with Crippen molar-refractivity contribution < 1.29 is 9.32 Å². The van der Waals surface area contributed by atoms with Crippen LogP contribution >= 0.6 is 11.6 Å². The van der Waals surface area contributed by atoms with E-state index in [0.717, 1.165) is 29.7 Å². The summed E-state index contributed by atoms with van der Waals surface area (Å²) in [5.41, 5.74) is 4.33. The van der Waals surface area contributed by atoms with Gasteiger partial charge in [-0.05, 0) is 42.0 Å². The molecule has 0 bridgehead atoms. The Kier molecular flexibility index (Phi) is 6.91. The van der Waals surface area contributed by atoms with Gasteiger partial charge in [-0.25, -0.2) is 0 Å². The van der Waals surface area contributed by atoms with Gasteiger partial charge in [0, 0.05) is 28.7 Å². The summed E-state index contributed by atoms with van der Waals surface area (Å²) >= 11 is 6.38. The van der Waals surface area contributed by atoms with E-state index in [1.54, 1.807) is 12.1 Å². The van der Waals surface area contributed by atoms with E-state index in [1.165, 1.54) is 18.4 Å². The topological polar surface area (TPSA) is 55.1 Å². The lowest BCUT2D eigenvalue weighted by Crippen LogP contribution is -2.22. The number of hydrogen-bond acceptors (Lipinski definition) is 3. The van der Waals surface area contributed by atoms with Gasteiger partial charge in [0.05, 0.1) is 11.6 Å². The standard InChI is InChI=1S/C28H29ClN2O2/c1-28(2,3)23-14-12-21(13-15-23)26-17-24(33-31-26)18-30-27(32)22-11-10-20(25(29)16-22)9-8-19-6-4-5-7-19/h10-17,19H,4-7,18H2,1-3H3,(H,30,32). The first-order chi connectivity index (χ1) is 15.8. The summed E-state index contributed by atoms with van der Waals surface area (Å²) in [6, 6.07) is 15.4. The van der Waals surface area contributed by atoms with Crippen LogP contribution in [0.15, 0.2) is 53.1 Å². The van der Waals surface area contributed by atoms with Crippen LogP contribution in [-0.2, 0) is 12.0 Å². The average molecular weight is 461 g/mol. The highest BCUT2D eigenvalue weighted by Gasteiger charge is 2.15. The van der Waals surface area contributed by atoms with Crippen LogP contribution in [-0.4, -0.2) is 11.1 Å². The molecule has 33 heavy (non-hydrogen) atoms. The minimum Gasteiger partial charge on any atom is -0.359 e. The summed E-state index contributed by atoms with van der Waals surface area (Å²) in [6.07, 6.45) is 4.83. The second-order valence-corrected chi connectivity index (χ2v) is 10.0. The van der Waals surface area contributed by atoms with Gasteiger partial charge >= 0.3 is 0 Å². The van der Waals surface area contributed by atoms with Gasteiger partial charge in [0.1, 0.15) is 5.69 Å². The van der Waals surface area contributed by atoms with E-state index < -0.39 is 0 Å². The molecule has 2 aromatic carbocycles. The molecule has 0 spiro atoms. The number of rotatable bonds is 4. The number of carbonyl (C=O) groups is 1. The van der Waals surface area contributed by atoms with Crippen molar-refractivity contribution in [2.24, 2.45) is 5.92 Å². The number of benzene rings is 2. The van der Waals surface area contributed by atoms with Gasteiger partial charge in [0.2, 0.25) is 0 Å². The van der Waals surface area contributed by atoms with Gasteiger partial charge in [-0.1, -0.05) is 86.5 Å². The Bertz CT molecular complexity index is 1190. The summed E-state index contributed by atoms with van der Waals surface area (Å²) in [5, 5.41) is 7.50. The molecule has 1 aliphatic carbocycles. The lowest BCUT2D eigenvalue weighted by molar-refractivity contribution is 0.0947. The zero-order valence-corrected chi connectivity index (χ0v) is 20.1. The second-order valence-electron chi connectivity index (χ2n) is 9.63. The smallest absolute Gasteiger partial charge is 0.251 e. The molecule has 0 unspecified atom stereocenters. The van der Waals surface area contributed by atoms with Crippen LogP contribution < -0.4 is 5.32 Å². The van der Waals surface area contributed by atoms with E-state index in [0.29, 0.717) is 22.3 Å². The third-order valence-electron chi connectivity index (χ3n) is 6.03. The lowest BCUT2D eigenvalue weighted by Gasteiger charge is -2.18. The van der Waals surface area contributed by atoms with Crippen molar-refractivity contribution in [3.63, 3.8) is 0 Å². The molecule has 0 aliphatic heterocycles. The Morgan fingerprint density at radius 2 is 1.85 bits per heavy atom. The third-order valence-corrected chi connectivity index (χ3v) is 6.34. The highest BCUT2D eigenvalue weighted by Crippen LogP contribution is 2.26. The van der Waals surface area contributed by atoms with Crippen LogP contribution in [0.2, 0.25) is 5.02 Å². The fraction of sp³-hybridized carbons (Fsp3) is 0.357. The summed E-state index contributed by atoms with van der Waals surface area (Å²) in [7, 11) is 0. The van der Waals surface area contributed by atoms with E-state index in [2.05, 4.69) is 55.2 Å². The minimum absolute atomic E-state index is 0.0986. The van der Waals surface area contributed by atoms with Crippen LogP contribution in [0.1, 0.15) is 73.7 Å². The van der Waals surface area contributed by atoms with E-state index in [1.807, 2.05) is 24.3 Å². The predicted molar refractivity (Wildman–Crippen MR) is 132 cm³/mol. The normalized spacial score (nSPS) is 14.1. The molecule has 0 radical (unpaired) electrons. The Balaban J connectivity index is 1.36. The van der Waals surface area contributed by atoms with Gasteiger partial charge in [-0.15, -0.1) is 0 Å². The van der Waals surface area contributed by atoms with Crippen LogP contribution in [0.4, 0.5) is 0 Å². The van der Waals surface area contributed by atoms with Crippen molar-refractivity contribution in [3.05, 3.63) is 76.0 Å². The largest absolute Gasteiger partial charge is 0.359 e. The van der Waals surface area contributed by atoms with Crippen LogP contribution in [0.5, 0.6) is 0 Å². The van der Waals surface area contributed by atoms with Gasteiger partial charge < -0.3 is 9.84 Å². The van der Waals surface area contributed by atoms with Crippen LogP contribution in [0, 0.1) is 17.8 Å². The second kappa shape index (κ2) is 9.85. The fourth-order valence-corrected chi connectivity index (χ4v) is 4.18. The number of nitrogens with one attached hydrogen (secondary N) is 1. The Morgan fingerprint density at radius 3 is 2.52 bits per heavy atom. The van der Waals surface area contributed by atoms with Crippen molar-refractivity contribution in [1.82, 2.24) is 10.5 Å². The van der Waals surface area contributed by atoms with Crippen molar-refractivity contribution in [3.8, 4) is 23.1 Å². The molecule has 1 aromatic heterocycles. The molecular formula is C28H29ClN2O2. The molecule has 0 saturated heterocycles. The molecule has 170 valence electrons. The average Bonchev–Trinajstić information content (AvgIpc) is 3.48. The van der Waals surface area contributed by atoms with Gasteiger partial charge in [0.25, 0.3) is 5.91 Å². The predicted octanol–water partition coefficient (Wildman–Crippen LogP) is 6.76. The SMILES string of the molecule is CC(C)(C)c1ccc(-c2cc(CNC(=O)c3ccc(C#CC4CCCC4)c(Cl)c3)on2)cc1. The first-order valence-corrected chi connectivity index (χ1v) is 11.8. The van der Waals surface area contributed by atoms with Gasteiger partial charge in [-0.3, -0.25) is 4.79 Å². The van der Waals surface area contributed by atoms with Crippen molar-refractivity contribution in [1.29, 1.82) is 0 Å². The van der Waals surface area contributed by atoms with Crippen molar-refractivity contribution in [2.45, 2.75) is 58.4 Å². The van der Waals surface area contributed by atoms with Crippen LogP contribution in [0.3, 0.4) is 0 Å². The van der Waals surface area contributed by atoms with E-state index in [9.17, 15) is 4.79 Å². The summed E-state index contributed by atoms with van der Waals surface area (Å²) in [5.74, 6) is 7.31. The molecule has 1 aliphatic rings. The van der Waals surface area contributed by atoms with Gasteiger partial charge in [0.15, 0.2) is 5.76 Å². The molecule has 1 N–H and O–H groups in total. The fourth-order valence-electron chi connectivity index (χ4n) is 3.95. The zero-order valence-electron chi connectivity index (χ0n) is 19.4. The first kappa shape index (κ1) is 23.1. The highest BCUT2D eigenvalue weighted by molar-refractivity contribution is 6.32. The lowest BCUT2D eigenvalue weighted by atomic mass is 9.86. The maximum absolute atomic E-state index is 12.6. The van der Waals surface area contributed by atoms with E-state index in [4.69, 9.17) is 16.1 Å². The third kappa shape index (κ3) is 5.86. The molecule has 4 nitrogen and oxygen atoms in total. The van der Waals surface area contributed by atoms with Crippen LogP contribution in [0.25, 0.3) is 11.3 Å². The Morgan fingerprint density at radius 1 is 1.12 bits per heavy atom. The number of carbonyl (C=O) groups excluding carboxylic acids is 1. The quantitative estimate of drug-likeness (QED) is 0.437. The molecule has 1 fully saturated rings. The maximum Gasteiger partial charge on any atom is 0.251 e. The monoisotopic (exact) mass is 460 g/mol. The molecule has 1 amide bonds. The number of aromatic nitrogens is 1. The molecule has 1 saturated carbocycles. The molecule has 5 heteroatoms. The molecule has 4 rings (SSSR count). The highest BCUT2D eigenvalue weighted by atomic mass is 35.5. The molecule has 3 aromatic rings. The van der Waals surface area contributed by atoms with Crippen molar-refractivity contribution in [2.75, 3.05) is 0 Å². The first-order valence-electron chi connectivity index (χ1n) is 11.5. The Hall–Kier alpha value is -3.03. The Labute approximate surface area is 200 Å². The number of amides is 1. The molecular weight excluding hydrogens is 432 g/mol. The molecule has 0 atom stereocenters. The summed E-state index contributed by atoms with van der Waals surface area (Å²) in [6.45, 7) is 6.79. The van der Waals surface area contributed by atoms with Crippen molar-refractivity contribution >= 4 is 17.5 Å². The van der Waals surface area contributed by atoms with Gasteiger partial charge in [-0.2, -0.15) is 0 Å². The van der Waals surface area contributed by atoms with E-state index >= 15 is 0 Å². The number of halogens is 1. The summed E-state index contributed by atoms with van der Waals surface area (Å²) in [4.78, 5) is 12.6. The summed E-state index contributed by atoms with van der Waals surface area (Å²) < 4.78 is 5.42. The minimum atomic E-state index is -0.223.